The summed E-state index contributed by atoms with van der Waals surface area (Å²) in [6, 6.07) is 9.98. The smallest absolute Gasteiger partial charge is 0.139 e. The Morgan fingerprint density at radius 3 is 2.40 bits per heavy atom. The highest BCUT2D eigenvalue weighted by Crippen LogP contribution is 2.38. The maximum Gasteiger partial charge on any atom is 0.139 e. The van der Waals surface area contributed by atoms with Gasteiger partial charge in [-0.2, -0.15) is 0 Å². The summed E-state index contributed by atoms with van der Waals surface area (Å²) in [4.78, 5) is 12.4. The van der Waals surface area contributed by atoms with Crippen LogP contribution in [-0.2, 0) is 4.79 Å². The standard InChI is InChI=1S/C18H24O2/c19-16-12-7-13-17(20-15-10-5-2-6-11-15)18(16)14-8-3-1-4-9-14/h2,5-6,10-11,14,17-18H,1,3-4,7-9,12-13H2. The van der Waals surface area contributed by atoms with Crippen LogP contribution in [0.2, 0.25) is 0 Å². The number of Topliss-reactive ketones (excluding diaryl/α,β-unsaturated/α-hetero) is 1. The number of ketones is 1. The second-order valence-corrected chi connectivity index (χ2v) is 6.25. The molecular weight excluding hydrogens is 248 g/mol. The molecule has 2 heteroatoms. The Bertz CT molecular complexity index is 434. The van der Waals surface area contributed by atoms with Crippen LogP contribution >= 0.6 is 0 Å². The third-order valence-corrected chi connectivity index (χ3v) is 4.87. The van der Waals surface area contributed by atoms with Crippen molar-refractivity contribution in [2.24, 2.45) is 11.8 Å². The quantitative estimate of drug-likeness (QED) is 0.816. The molecule has 20 heavy (non-hydrogen) atoms. The fourth-order valence-electron chi connectivity index (χ4n) is 3.90. The lowest BCUT2D eigenvalue weighted by molar-refractivity contribution is -0.131. The van der Waals surface area contributed by atoms with E-state index in [4.69, 9.17) is 4.74 Å². The van der Waals surface area contributed by atoms with Gasteiger partial charge in [-0.1, -0.05) is 37.5 Å². The van der Waals surface area contributed by atoms with E-state index in [1.165, 1.54) is 32.1 Å². The minimum absolute atomic E-state index is 0.0988. The van der Waals surface area contributed by atoms with Gasteiger partial charge in [-0.3, -0.25) is 4.79 Å². The summed E-state index contributed by atoms with van der Waals surface area (Å²) in [6.45, 7) is 0. The van der Waals surface area contributed by atoms with Crippen molar-refractivity contribution in [1.29, 1.82) is 0 Å². The zero-order valence-corrected chi connectivity index (χ0v) is 12.1. The van der Waals surface area contributed by atoms with Gasteiger partial charge in [0, 0.05) is 6.42 Å². The molecule has 0 heterocycles. The van der Waals surface area contributed by atoms with Crippen LogP contribution in [0.15, 0.2) is 30.3 Å². The van der Waals surface area contributed by atoms with E-state index in [1.54, 1.807) is 0 Å². The lowest BCUT2D eigenvalue weighted by atomic mass is 9.71. The van der Waals surface area contributed by atoms with Gasteiger partial charge < -0.3 is 4.74 Å². The van der Waals surface area contributed by atoms with E-state index < -0.39 is 0 Å². The van der Waals surface area contributed by atoms with Crippen LogP contribution in [0.5, 0.6) is 5.75 Å². The molecule has 0 spiro atoms. The molecular formula is C18H24O2. The van der Waals surface area contributed by atoms with E-state index in [9.17, 15) is 4.79 Å². The molecule has 0 saturated heterocycles. The summed E-state index contributed by atoms with van der Waals surface area (Å²) in [5.74, 6) is 2.06. The first-order valence-corrected chi connectivity index (χ1v) is 8.09. The van der Waals surface area contributed by atoms with Gasteiger partial charge in [-0.25, -0.2) is 0 Å². The topological polar surface area (TPSA) is 26.3 Å². The normalized spacial score (nSPS) is 28.3. The molecule has 0 bridgehead atoms. The summed E-state index contributed by atoms with van der Waals surface area (Å²) in [5.41, 5.74) is 0. The Hall–Kier alpha value is -1.31. The van der Waals surface area contributed by atoms with Gasteiger partial charge in [0.2, 0.25) is 0 Å². The highest BCUT2D eigenvalue weighted by atomic mass is 16.5. The van der Waals surface area contributed by atoms with Crippen LogP contribution in [0.4, 0.5) is 0 Å². The van der Waals surface area contributed by atoms with E-state index in [0.29, 0.717) is 11.7 Å². The Labute approximate surface area is 121 Å². The third-order valence-electron chi connectivity index (χ3n) is 4.87. The molecule has 108 valence electrons. The Kier molecular flexibility index (Phi) is 4.39. The zero-order chi connectivity index (χ0) is 13.8. The molecule has 1 aromatic carbocycles. The van der Waals surface area contributed by atoms with Crippen molar-refractivity contribution in [2.75, 3.05) is 0 Å². The Morgan fingerprint density at radius 1 is 0.900 bits per heavy atom. The average molecular weight is 272 g/mol. The van der Waals surface area contributed by atoms with Crippen molar-refractivity contribution in [3.63, 3.8) is 0 Å². The van der Waals surface area contributed by atoms with E-state index >= 15 is 0 Å². The first-order valence-electron chi connectivity index (χ1n) is 8.09. The molecule has 0 aliphatic heterocycles. The molecule has 0 aromatic heterocycles. The monoisotopic (exact) mass is 272 g/mol. The first kappa shape index (κ1) is 13.7. The molecule has 2 nitrogen and oxygen atoms in total. The van der Waals surface area contributed by atoms with Crippen LogP contribution in [0, 0.1) is 11.8 Å². The molecule has 2 saturated carbocycles. The highest BCUT2D eigenvalue weighted by molar-refractivity contribution is 5.82. The number of hydrogen-bond acceptors (Lipinski definition) is 2. The number of hydrogen-bond donors (Lipinski definition) is 0. The maximum atomic E-state index is 12.4. The Morgan fingerprint density at radius 2 is 1.65 bits per heavy atom. The minimum Gasteiger partial charge on any atom is -0.490 e. The van der Waals surface area contributed by atoms with E-state index in [0.717, 1.165) is 25.0 Å². The zero-order valence-electron chi connectivity index (χ0n) is 12.1. The van der Waals surface area contributed by atoms with Crippen molar-refractivity contribution >= 4 is 5.78 Å². The van der Waals surface area contributed by atoms with Crippen molar-refractivity contribution in [3.05, 3.63) is 30.3 Å². The number of ether oxygens (including phenoxy) is 1. The van der Waals surface area contributed by atoms with Crippen molar-refractivity contribution < 1.29 is 9.53 Å². The lowest BCUT2D eigenvalue weighted by Crippen LogP contribution is -2.42. The predicted octanol–water partition coefficient (Wildman–Crippen LogP) is 4.38. The summed E-state index contributed by atoms with van der Waals surface area (Å²) in [5, 5.41) is 0. The van der Waals surface area contributed by atoms with Crippen LogP contribution in [0.1, 0.15) is 51.4 Å². The van der Waals surface area contributed by atoms with Gasteiger partial charge in [0.15, 0.2) is 0 Å². The first-order chi connectivity index (χ1) is 9.84. The number of benzene rings is 1. The molecule has 0 amide bonds. The molecule has 2 atom stereocenters. The fraction of sp³-hybridized carbons (Fsp3) is 0.611. The predicted molar refractivity (Wildman–Crippen MR) is 79.8 cm³/mol. The SMILES string of the molecule is O=C1CCCC(Oc2ccccc2)C1C1CCCCC1. The van der Waals surface area contributed by atoms with E-state index in [1.807, 2.05) is 30.3 Å². The maximum absolute atomic E-state index is 12.4. The molecule has 2 unspecified atom stereocenters. The average Bonchev–Trinajstić information content (AvgIpc) is 2.49. The number of carbonyl (C=O) groups is 1. The number of para-hydroxylation sites is 1. The second-order valence-electron chi connectivity index (χ2n) is 6.25. The number of rotatable bonds is 3. The van der Waals surface area contributed by atoms with Gasteiger partial charge in [0.25, 0.3) is 0 Å². The Balaban J connectivity index is 1.74. The molecule has 1 aromatic rings. The van der Waals surface area contributed by atoms with Crippen LogP contribution in [0.25, 0.3) is 0 Å². The summed E-state index contributed by atoms with van der Waals surface area (Å²) in [6.07, 6.45) is 9.20. The molecule has 3 rings (SSSR count). The largest absolute Gasteiger partial charge is 0.490 e. The number of carbonyl (C=O) groups excluding carboxylic acids is 1. The second kappa shape index (κ2) is 6.43. The van der Waals surface area contributed by atoms with Crippen molar-refractivity contribution in [3.8, 4) is 5.75 Å². The van der Waals surface area contributed by atoms with Gasteiger partial charge >= 0.3 is 0 Å². The van der Waals surface area contributed by atoms with Crippen LogP contribution in [0.3, 0.4) is 0 Å². The fourth-order valence-corrected chi connectivity index (χ4v) is 3.90. The van der Waals surface area contributed by atoms with Gasteiger partial charge in [0.05, 0.1) is 5.92 Å². The molecule has 0 N–H and O–H groups in total. The summed E-state index contributed by atoms with van der Waals surface area (Å²) < 4.78 is 6.17. The molecule has 2 aliphatic rings. The van der Waals surface area contributed by atoms with Crippen LogP contribution in [-0.4, -0.2) is 11.9 Å². The molecule has 2 aliphatic carbocycles. The van der Waals surface area contributed by atoms with Gasteiger partial charge in [-0.15, -0.1) is 0 Å². The summed E-state index contributed by atoms with van der Waals surface area (Å²) >= 11 is 0. The van der Waals surface area contributed by atoms with Gasteiger partial charge in [0.1, 0.15) is 17.6 Å². The molecule has 2 fully saturated rings. The van der Waals surface area contributed by atoms with E-state index in [-0.39, 0.29) is 12.0 Å². The third kappa shape index (κ3) is 3.05. The van der Waals surface area contributed by atoms with Crippen LogP contribution < -0.4 is 4.74 Å². The van der Waals surface area contributed by atoms with Crippen molar-refractivity contribution in [1.82, 2.24) is 0 Å². The minimum atomic E-state index is 0.0988. The van der Waals surface area contributed by atoms with E-state index in [2.05, 4.69) is 0 Å². The van der Waals surface area contributed by atoms with Crippen molar-refractivity contribution in [2.45, 2.75) is 57.5 Å². The molecule has 0 radical (unpaired) electrons. The van der Waals surface area contributed by atoms with Gasteiger partial charge in [-0.05, 0) is 43.7 Å². The highest BCUT2D eigenvalue weighted by Gasteiger charge is 2.39. The lowest BCUT2D eigenvalue weighted by Gasteiger charge is -2.37. The summed E-state index contributed by atoms with van der Waals surface area (Å²) in [7, 11) is 0.